The Hall–Kier alpha value is -1.75. The topological polar surface area (TPSA) is 70.6 Å². The van der Waals surface area contributed by atoms with Crippen LogP contribution in [-0.4, -0.2) is 29.7 Å². The zero-order valence-electron chi connectivity index (χ0n) is 10.8. The number of benzene rings is 1. The number of hydrogen-bond acceptors (Lipinski definition) is 4. The third-order valence-electron chi connectivity index (χ3n) is 3.55. The van der Waals surface area contributed by atoms with Crippen LogP contribution in [0.5, 0.6) is 11.5 Å². The Morgan fingerprint density at radius 1 is 1.47 bits per heavy atom. The molecule has 2 atom stereocenters. The van der Waals surface area contributed by atoms with Crippen LogP contribution in [0.2, 0.25) is 0 Å². The lowest BCUT2D eigenvalue weighted by Crippen LogP contribution is -2.44. The Labute approximate surface area is 112 Å². The number of aromatic hydroxyl groups is 1. The number of phenols is 1. The summed E-state index contributed by atoms with van der Waals surface area (Å²) in [6.07, 6.45) is 2.18. The lowest BCUT2D eigenvalue weighted by molar-refractivity contribution is -0.123. The Morgan fingerprint density at radius 2 is 2.26 bits per heavy atom. The van der Waals surface area contributed by atoms with Gasteiger partial charge in [-0.15, -0.1) is 0 Å². The zero-order valence-corrected chi connectivity index (χ0v) is 10.8. The van der Waals surface area contributed by atoms with Crippen LogP contribution in [0.15, 0.2) is 18.2 Å². The van der Waals surface area contributed by atoms with Crippen LogP contribution in [0, 0.1) is 0 Å². The first-order valence-corrected chi connectivity index (χ1v) is 6.65. The smallest absolute Gasteiger partial charge is 0.237 e. The molecule has 0 aromatic heterocycles. The van der Waals surface area contributed by atoms with Crippen molar-refractivity contribution in [2.24, 2.45) is 0 Å². The molecule has 0 spiro atoms. The van der Waals surface area contributed by atoms with Crippen molar-refractivity contribution < 1.29 is 14.6 Å². The van der Waals surface area contributed by atoms with Crippen molar-refractivity contribution in [1.29, 1.82) is 0 Å². The van der Waals surface area contributed by atoms with E-state index in [-0.39, 0.29) is 23.7 Å². The second kappa shape index (κ2) is 4.74. The molecule has 3 rings (SSSR count). The molecule has 1 amide bonds. The second-order valence-corrected chi connectivity index (χ2v) is 5.26. The van der Waals surface area contributed by atoms with E-state index in [1.807, 2.05) is 13.0 Å². The first kappa shape index (κ1) is 12.3. The number of hydrogen-bond donors (Lipinski definition) is 3. The highest BCUT2D eigenvalue weighted by molar-refractivity contribution is 5.82. The molecule has 5 heteroatoms. The number of rotatable bonds is 4. The first-order chi connectivity index (χ1) is 9.13. The summed E-state index contributed by atoms with van der Waals surface area (Å²) >= 11 is 0. The fourth-order valence-corrected chi connectivity index (χ4v) is 2.27. The van der Waals surface area contributed by atoms with Crippen molar-refractivity contribution in [2.45, 2.75) is 37.9 Å². The van der Waals surface area contributed by atoms with Crippen LogP contribution < -0.4 is 15.4 Å². The molecule has 102 valence electrons. The zero-order chi connectivity index (χ0) is 13.4. The van der Waals surface area contributed by atoms with E-state index in [0.29, 0.717) is 18.4 Å². The highest BCUT2D eigenvalue weighted by atomic mass is 16.5. The minimum atomic E-state index is -0.256. The number of fused-ring (bicyclic) bond motifs is 1. The molecule has 1 heterocycles. The van der Waals surface area contributed by atoms with Crippen molar-refractivity contribution >= 4 is 5.91 Å². The summed E-state index contributed by atoms with van der Waals surface area (Å²) in [7, 11) is 0. The van der Waals surface area contributed by atoms with Crippen LogP contribution in [-0.2, 0) is 4.79 Å². The van der Waals surface area contributed by atoms with Gasteiger partial charge in [0.1, 0.15) is 18.1 Å². The minimum Gasteiger partial charge on any atom is -0.508 e. The molecule has 3 N–H and O–H groups in total. The molecule has 1 aliphatic heterocycles. The van der Waals surface area contributed by atoms with Gasteiger partial charge in [-0.2, -0.15) is 0 Å². The second-order valence-electron chi connectivity index (χ2n) is 5.26. The van der Waals surface area contributed by atoms with E-state index in [1.165, 1.54) is 0 Å². The van der Waals surface area contributed by atoms with Crippen LogP contribution in [0.1, 0.15) is 31.4 Å². The summed E-state index contributed by atoms with van der Waals surface area (Å²) in [5.74, 6) is 0.918. The average Bonchev–Trinajstić information content (AvgIpc) is 3.11. The van der Waals surface area contributed by atoms with E-state index >= 15 is 0 Å². The summed E-state index contributed by atoms with van der Waals surface area (Å²) in [4.78, 5) is 11.9. The van der Waals surface area contributed by atoms with E-state index in [9.17, 15) is 9.90 Å². The van der Waals surface area contributed by atoms with Gasteiger partial charge in [0.15, 0.2) is 0 Å². The standard InChI is InChI=1S/C14H18N2O3/c1-8(14(18)16-9-2-3-9)15-12-7-19-13-6-10(17)4-5-11(12)13/h4-6,8-9,12,15,17H,2-3,7H2,1H3,(H,16,18). The molecular formula is C14H18N2O3. The Balaban J connectivity index is 1.63. The number of amides is 1. The Morgan fingerprint density at radius 3 is 3.00 bits per heavy atom. The third kappa shape index (κ3) is 2.66. The molecule has 1 saturated carbocycles. The third-order valence-corrected chi connectivity index (χ3v) is 3.55. The SMILES string of the molecule is CC(NC1COc2cc(O)ccc21)C(=O)NC1CC1. The molecule has 0 bridgehead atoms. The summed E-state index contributed by atoms with van der Waals surface area (Å²) in [6, 6.07) is 5.19. The van der Waals surface area contributed by atoms with Gasteiger partial charge in [-0.05, 0) is 31.9 Å². The van der Waals surface area contributed by atoms with Crippen molar-refractivity contribution in [3.05, 3.63) is 23.8 Å². The van der Waals surface area contributed by atoms with E-state index in [2.05, 4.69) is 10.6 Å². The monoisotopic (exact) mass is 262 g/mol. The van der Waals surface area contributed by atoms with Crippen LogP contribution in [0.3, 0.4) is 0 Å². The quantitative estimate of drug-likeness (QED) is 0.759. The summed E-state index contributed by atoms with van der Waals surface area (Å²) in [6.45, 7) is 2.34. The van der Waals surface area contributed by atoms with E-state index in [4.69, 9.17) is 4.74 Å². The van der Waals surface area contributed by atoms with Crippen LogP contribution in [0.4, 0.5) is 0 Å². The predicted octanol–water partition coefficient (Wildman–Crippen LogP) is 1.08. The van der Waals surface area contributed by atoms with E-state index < -0.39 is 0 Å². The largest absolute Gasteiger partial charge is 0.508 e. The maximum atomic E-state index is 11.9. The molecular weight excluding hydrogens is 244 g/mol. The maximum absolute atomic E-state index is 11.9. The predicted molar refractivity (Wildman–Crippen MR) is 70.1 cm³/mol. The molecule has 1 fully saturated rings. The maximum Gasteiger partial charge on any atom is 0.237 e. The van der Waals surface area contributed by atoms with Gasteiger partial charge in [-0.1, -0.05) is 0 Å². The van der Waals surface area contributed by atoms with Crippen molar-refractivity contribution in [2.75, 3.05) is 6.61 Å². The molecule has 1 aromatic rings. The van der Waals surface area contributed by atoms with Gasteiger partial charge in [0.2, 0.25) is 5.91 Å². The Bertz CT molecular complexity index is 499. The van der Waals surface area contributed by atoms with Gasteiger partial charge in [0.25, 0.3) is 0 Å². The van der Waals surface area contributed by atoms with Gasteiger partial charge < -0.3 is 15.2 Å². The minimum absolute atomic E-state index is 0.00412. The van der Waals surface area contributed by atoms with Crippen LogP contribution >= 0.6 is 0 Å². The van der Waals surface area contributed by atoms with Crippen molar-refractivity contribution in [1.82, 2.24) is 10.6 Å². The number of carbonyl (C=O) groups excluding carboxylic acids is 1. The number of phenolic OH excluding ortho intramolecular Hbond substituents is 1. The number of ether oxygens (including phenoxy) is 1. The average molecular weight is 262 g/mol. The Kier molecular flexibility index (Phi) is 3.06. The van der Waals surface area contributed by atoms with Crippen LogP contribution in [0.25, 0.3) is 0 Å². The number of nitrogens with one attached hydrogen (secondary N) is 2. The molecule has 1 aromatic carbocycles. The van der Waals surface area contributed by atoms with Gasteiger partial charge >= 0.3 is 0 Å². The highest BCUT2D eigenvalue weighted by Gasteiger charge is 2.30. The van der Waals surface area contributed by atoms with E-state index in [0.717, 1.165) is 18.4 Å². The first-order valence-electron chi connectivity index (χ1n) is 6.65. The van der Waals surface area contributed by atoms with Gasteiger partial charge in [-0.3, -0.25) is 10.1 Å². The number of carbonyl (C=O) groups is 1. The molecule has 5 nitrogen and oxygen atoms in total. The molecule has 2 aliphatic rings. The van der Waals surface area contributed by atoms with Gasteiger partial charge in [0, 0.05) is 17.7 Å². The summed E-state index contributed by atoms with van der Waals surface area (Å²) < 4.78 is 5.51. The lowest BCUT2D eigenvalue weighted by Gasteiger charge is -2.18. The van der Waals surface area contributed by atoms with E-state index in [1.54, 1.807) is 12.1 Å². The van der Waals surface area contributed by atoms with Gasteiger partial charge in [-0.25, -0.2) is 0 Å². The fourth-order valence-electron chi connectivity index (χ4n) is 2.27. The fraction of sp³-hybridized carbons (Fsp3) is 0.500. The molecule has 2 unspecified atom stereocenters. The molecule has 0 saturated heterocycles. The summed E-state index contributed by atoms with van der Waals surface area (Å²) in [5.41, 5.74) is 0.990. The van der Waals surface area contributed by atoms with Gasteiger partial charge in [0.05, 0.1) is 12.1 Å². The molecule has 1 aliphatic carbocycles. The van der Waals surface area contributed by atoms with Crippen molar-refractivity contribution in [3.63, 3.8) is 0 Å². The molecule has 0 radical (unpaired) electrons. The summed E-state index contributed by atoms with van der Waals surface area (Å²) in [5, 5.41) is 15.6. The molecule has 19 heavy (non-hydrogen) atoms. The highest BCUT2D eigenvalue weighted by Crippen LogP contribution is 2.35. The normalized spacial score (nSPS) is 22.5. The lowest BCUT2D eigenvalue weighted by atomic mass is 10.1. The van der Waals surface area contributed by atoms with Crippen molar-refractivity contribution in [3.8, 4) is 11.5 Å².